The number of carbonyl (C=O) groups is 2. The molecule has 0 fully saturated rings. The summed E-state index contributed by atoms with van der Waals surface area (Å²) in [6.45, 7) is 4.64. The molecule has 126 valence electrons. The molecule has 1 aliphatic rings. The number of aryl methyl sites for hydroxylation is 1. The highest BCUT2D eigenvalue weighted by atomic mass is 16.4. The lowest BCUT2D eigenvalue weighted by Gasteiger charge is -2.32. The summed E-state index contributed by atoms with van der Waals surface area (Å²) in [5, 5.41) is 13.9. The van der Waals surface area contributed by atoms with Crippen molar-refractivity contribution in [3.05, 3.63) is 52.8 Å². The maximum absolute atomic E-state index is 12.9. The number of hydrogen-bond acceptors (Lipinski definition) is 3. The largest absolute Gasteiger partial charge is 0.481 e. The molecule has 1 amide bonds. The molecule has 0 aliphatic carbocycles. The number of hydrogen-bond donors (Lipinski definition) is 1. The lowest BCUT2D eigenvalue weighted by molar-refractivity contribution is -0.139. The van der Waals surface area contributed by atoms with Crippen LogP contribution in [0.1, 0.15) is 53.0 Å². The topological polar surface area (TPSA) is 75.4 Å². The summed E-state index contributed by atoms with van der Waals surface area (Å²) in [7, 11) is 1.74. The van der Waals surface area contributed by atoms with Crippen LogP contribution in [0.5, 0.6) is 0 Å². The molecule has 0 saturated carbocycles. The lowest BCUT2D eigenvalue weighted by Crippen LogP contribution is -2.41. The number of fused-ring (bicyclic) bond motifs is 1. The minimum absolute atomic E-state index is 0.174. The highest BCUT2D eigenvalue weighted by molar-refractivity contribution is 5.93. The van der Waals surface area contributed by atoms with E-state index in [0.717, 1.165) is 16.8 Å². The minimum Gasteiger partial charge on any atom is -0.481 e. The molecule has 2 aromatic rings. The summed E-state index contributed by atoms with van der Waals surface area (Å²) in [5.74, 6) is -1.56. The quantitative estimate of drug-likeness (QED) is 0.939. The van der Waals surface area contributed by atoms with Crippen molar-refractivity contribution >= 4 is 11.9 Å². The smallest absolute Gasteiger partial charge is 0.312 e. The van der Waals surface area contributed by atoms with Gasteiger partial charge in [-0.2, -0.15) is 5.10 Å². The third-order valence-electron chi connectivity index (χ3n) is 4.49. The second-order valence-corrected chi connectivity index (χ2v) is 6.51. The summed E-state index contributed by atoms with van der Waals surface area (Å²) >= 11 is 0. The standard InChI is InChI=1S/C18H21N3O3/c1-11(2)15-8-16(20(3)19-15)17(22)21-9-12-6-4-5-7-13(12)14(10-21)18(23)24/h4-8,11,14H,9-10H2,1-3H3,(H,23,24). The molecule has 1 N–H and O–H groups in total. The number of carboxylic acid groups (broad SMARTS) is 1. The predicted molar refractivity (Wildman–Crippen MR) is 88.9 cm³/mol. The van der Waals surface area contributed by atoms with E-state index in [1.165, 1.54) is 0 Å². The van der Waals surface area contributed by atoms with Gasteiger partial charge >= 0.3 is 5.97 Å². The Morgan fingerprint density at radius 1 is 1.29 bits per heavy atom. The molecule has 6 nitrogen and oxygen atoms in total. The van der Waals surface area contributed by atoms with E-state index < -0.39 is 11.9 Å². The molecule has 24 heavy (non-hydrogen) atoms. The van der Waals surface area contributed by atoms with E-state index in [1.54, 1.807) is 22.7 Å². The molecule has 0 saturated heterocycles. The van der Waals surface area contributed by atoms with E-state index in [4.69, 9.17) is 0 Å². The Hall–Kier alpha value is -2.63. The summed E-state index contributed by atoms with van der Waals surface area (Å²) in [4.78, 5) is 26.1. The molecule has 1 atom stereocenters. The minimum atomic E-state index is -0.909. The Balaban J connectivity index is 1.93. The third kappa shape index (κ3) is 2.79. The molecule has 0 bridgehead atoms. The van der Waals surface area contributed by atoms with Crippen molar-refractivity contribution in [1.82, 2.24) is 14.7 Å². The van der Waals surface area contributed by atoms with Crippen LogP contribution in [0.15, 0.2) is 30.3 Å². The van der Waals surface area contributed by atoms with Crippen molar-refractivity contribution in [2.24, 2.45) is 7.05 Å². The van der Waals surface area contributed by atoms with Crippen LogP contribution in [-0.2, 0) is 18.4 Å². The third-order valence-corrected chi connectivity index (χ3v) is 4.49. The van der Waals surface area contributed by atoms with Crippen molar-refractivity contribution < 1.29 is 14.7 Å². The highest BCUT2D eigenvalue weighted by Crippen LogP contribution is 2.29. The zero-order valence-electron chi connectivity index (χ0n) is 14.1. The van der Waals surface area contributed by atoms with Crippen LogP contribution in [-0.4, -0.2) is 38.2 Å². The fraction of sp³-hybridized carbons (Fsp3) is 0.389. The molecule has 0 radical (unpaired) electrons. The van der Waals surface area contributed by atoms with Gasteiger partial charge < -0.3 is 10.0 Å². The monoisotopic (exact) mass is 327 g/mol. The first-order chi connectivity index (χ1) is 11.4. The molecular formula is C18H21N3O3. The van der Waals surface area contributed by atoms with Gasteiger partial charge in [-0.25, -0.2) is 0 Å². The molecule has 1 unspecified atom stereocenters. The first kappa shape index (κ1) is 16.2. The van der Waals surface area contributed by atoms with Crippen LogP contribution in [0.25, 0.3) is 0 Å². The summed E-state index contributed by atoms with van der Waals surface area (Å²) in [5.41, 5.74) is 3.02. The van der Waals surface area contributed by atoms with Crippen LogP contribution < -0.4 is 0 Å². The van der Waals surface area contributed by atoms with Gasteiger partial charge in [0.25, 0.3) is 5.91 Å². The average molecular weight is 327 g/mol. The summed E-state index contributed by atoms with van der Waals surface area (Å²) in [6.07, 6.45) is 0. The number of aliphatic carboxylic acids is 1. The fourth-order valence-electron chi connectivity index (χ4n) is 3.11. The van der Waals surface area contributed by atoms with Crippen molar-refractivity contribution in [3.8, 4) is 0 Å². The number of nitrogens with zero attached hydrogens (tertiary/aromatic N) is 3. The zero-order valence-corrected chi connectivity index (χ0v) is 14.1. The maximum Gasteiger partial charge on any atom is 0.312 e. The van der Waals surface area contributed by atoms with Gasteiger partial charge in [-0.3, -0.25) is 14.3 Å². The number of rotatable bonds is 3. The second-order valence-electron chi connectivity index (χ2n) is 6.51. The van der Waals surface area contributed by atoms with Gasteiger partial charge in [0.1, 0.15) is 5.69 Å². The molecule has 1 aromatic carbocycles. The molecule has 1 aromatic heterocycles. The Kier molecular flexibility index (Phi) is 4.13. The Morgan fingerprint density at radius 2 is 2.00 bits per heavy atom. The first-order valence-corrected chi connectivity index (χ1v) is 8.02. The van der Waals surface area contributed by atoms with E-state index in [2.05, 4.69) is 5.10 Å². The van der Waals surface area contributed by atoms with Crippen LogP contribution in [0.4, 0.5) is 0 Å². The van der Waals surface area contributed by atoms with Crippen LogP contribution >= 0.6 is 0 Å². The van der Waals surface area contributed by atoms with Crippen LogP contribution in [0.3, 0.4) is 0 Å². The van der Waals surface area contributed by atoms with E-state index >= 15 is 0 Å². The number of carbonyl (C=O) groups excluding carboxylic acids is 1. The van der Waals surface area contributed by atoms with Crippen LogP contribution in [0.2, 0.25) is 0 Å². The van der Waals surface area contributed by atoms with Gasteiger partial charge in [0.2, 0.25) is 0 Å². The molecule has 1 aliphatic heterocycles. The number of amides is 1. The Labute approximate surface area is 140 Å². The maximum atomic E-state index is 12.9. The SMILES string of the molecule is CC(C)c1cc(C(=O)N2Cc3ccccc3C(C(=O)O)C2)n(C)n1. The van der Waals surface area contributed by atoms with E-state index in [0.29, 0.717) is 12.2 Å². The van der Waals surface area contributed by atoms with Crippen molar-refractivity contribution in [1.29, 1.82) is 0 Å². The van der Waals surface area contributed by atoms with Crippen LogP contribution in [0, 0.1) is 0 Å². The van der Waals surface area contributed by atoms with Crippen molar-refractivity contribution in [2.75, 3.05) is 6.54 Å². The van der Waals surface area contributed by atoms with Gasteiger partial charge in [0, 0.05) is 20.1 Å². The molecular weight excluding hydrogens is 306 g/mol. The Morgan fingerprint density at radius 3 is 2.62 bits per heavy atom. The number of benzene rings is 1. The Bertz CT molecular complexity index is 795. The number of aromatic nitrogens is 2. The van der Waals surface area contributed by atoms with E-state index in [9.17, 15) is 14.7 Å². The van der Waals surface area contributed by atoms with Crippen molar-refractivity contribution in [2.45, 2.75) is 32.2 Å². The predicted octanol–water partition coefficient (Wildman–Crippen LogP) is 2.37. The second kappa shape index (κ2) is 6.11. The molecule has 0 spiro atoms. The average Bonchev–Trinajstić information content (AvgIpc) is 2.95. The first-order valence-electron chi connectivity index (χ1n) is 8.02. The van der Waals surface area contributed by atoms with Gasteiger partial charge in [0.05, 0.1) is 11.6 Å². The van der Waals surface area contributed by atoms with Gasteiger partial charge in [0.15, 0.2) is 0 Å². The summed E-state index contributed by atoms with van der Waals surface area (Å²) in [6, 6.07) is 9.21. The summed E-state index contributed by atoms with van der Waals surface area (Å²) < 4.78 is 1.58. The normalized spacial score (nSPS) is 17.0. The molecule has 3 rings (SSSR count). The van der Waals surface area contributed by atoms with Gasteiger partial charge in [-0.1, -0.05) is 38.1 Å². The fourth-order valence-corrected chi connectivity index (χ4v) is 3.11. The molecule has 6 heteroatoms. The van der Waals surface area contributed by atoms with E-state index in [1.807, 2.05) is 38.1 Å². The zero-order chi connectivity index (χ0) is 17.4. The number of carboxylic acids is 1. The lowest BCUT2D eigenvalue weighted by atomic mass is 9.89. The van der Waals surface area contributed by atoms with Gasteiger partial charge in [-0.15, -0.1) is 0 Å². The van der Waals surface area contributed by atoms with E-state index in [-0.39, 0.29) is 18.4 Å². The van der Waals surface area contributed by atoms with Crippen molar-refractivity contribution in [3.63, 3.8) is 0 Å². The molecule has 2 heterocycles. The van der Waals surface area contributed by atoms with Gasteiger partial charge in [-0.05, 0) is 23.1 Å². The highest BCUT2D eigenvalue weighted by Gasteiger charge is 2.33.